The number of piperazine rings is 1. The second-order valence-electron chi connectivity index (χ2n) is 6.95. The van der Waals surface area contributed by atoms with Gasteiger partial charge >= 0.3 is 0 Å². The predicted octanol–water partition coefficient (Wildman–Crippen LogP) is 0.271. The first-order valence-corrected chi connectivity index (χ1v) is 8.38. The molecule has 1 aliphatic rings. The fraction of sp³-hybridized carbons (Fsp3) is 0.750. The number of aromatic nitrogens is 3. The van der Waals surface area contributed by atoms with E-state index in [-0.39, 0.29) is 11.8 Å². The molecule has 134 valence electrons. The zero-order valence-electron chi connectivity index (χ0n) is 15.7. The lowest BCUT2D eigenvalue weighted by Crippen LogP contribution is -2.51. The Balaban J connectivity index is 2.09. The van der Waals surface area contributed by atoms with E-state index >= 15 is 0 Å². The maximum Gasteiger partial charge on any atom is 0.236 e. The van der Waals surface area contributed by atoms with Crippen LogP contribution in [0.2, 0.25) is 0 Å². The summed E-state index contributed by atoms with van der Waals surface area (Å²) in [6.45, 7) is 7.50. The smallest absolute Gasteiger partial charge is 0.236 e. The van der Waals surface area contributed by atoms with Crippen molar-refractivity contribution in [2.24, 2.45) is 0 Å². The van der Waals surface area contributed by atoms with E-state index in [0.717, 1.165) is 18.9 Å². The summed E-state index contributed by atoms with van der Waals surface area (Å²) in [6.07, 6.45) is 0. The lowest BCUT2D eigenvalue weighted by Gasteiger charge is -2.35. The minimum Gasteiger partial charge on any atom is -0.347 e. The highest BCUT2D eigenvalue weighted by atomic mass is 16.2. The van der Waals surface area contributed by atoms with Crippen molar-refractivity contribution in [3.63, 3.8) is 0 Å². The highest BCUT2D eigenvalue weighted by molar-refractivity contribution is 5.78. The number of amides is 1. The summed E-state index contributed by atoms with van der Waals surface area (Å²) in [5, 5.41) is 0. The van der Waals surface area contributed by atoms with Crippen LogP contribution in [0, 0.1) is 0 Å². The van der Waals surface area contributed by atoms with Crippen LogP contribution in [0.25, 0.3) is 0 Å². The fourth-order valence-corrected chi connectivity index (χ4v) is 2.50. The molecule has 8 nitrogen and oxygen atoms in total. The molecule has 0 saturated carbocycles. The van der Waals surface area contributed by atoms with Crippen molar-refractivity contribution in [1.82, 2.24) is 24.8 Å². The van der Waals surface area contributed by atoms with Crippen LogP contribution in [0.5, 0.6) is 0 Å². The molecule has 8 heteroatoms. The van der Waals surface area contributed by atoms with E-state index in [1.807, 2.05) is 42.9 Å². The molecule has 0 aliphatic carbocycles. The Hall–Kier alpha value is -1.96. The summed E-state index contributed by atoms with van der Waals surface area (Å²) >= 11 is 0. The van der Waals surface area contributed by atoms with Crippen LogP contribution in [0.3, 0.4) is 0 Å². The molecule has 2 heterocycles. The highest BCUT2D eigenvalue weighted by Gasteiger charge is 2.24. The molecular formula is C16H29N7O. The molecule has 24 heavy (non-hydrogen) atoms. The molecule has 1 aliphatic heterocycles. The molecule has 0 bridgehead atoms. The second-order valence-corrected chi connectivity index (χ2v) is 6.95. The minimum atomic E-state index is 0.173. The van der Waals surface area contributed by atoms with Gasteiger partial charge in [0.2, 0.25) is 17.8 Å². The quantitative estimate of drug-likeness (QED) is 0.765. The van der Waals surface area contributed by atoms with Crippen molar-refractivity contribution in [3.8, 4) is 0 Å². The van der Waals surface area contributed by atoms with Crippen LogP contribution in [0.15, 0.2) is 0 Å². The summed E-state index contributed by atoms with van der Waals surface area (Å²) in [5.41, 5.74) is 0. The molecule has 0 spiro atoms. The normalized spacial score (nSPS) is 15.3. The third kappa shape index (κ3) is 4.53. The van der Waals surface area contributed by atoms with Crippen molar-refractivity contribution in [2.75, 3.05) is 70.7 Å². The number of rotatable bonds is 5. The molecule has 1 fully saturated rings. The number of likely N-dealkylation sites (N-methyl/N-ethyl adjacent to an activating group) is 1. The largest absolute Gasteiger partial charge is 0.347 e. The molecule has 0 aromatic carbocycles. The van der Waals surface area contributed by atoms with Crippen LogP contribution >= 0.6 is 0 Å². The van der Waals surface area contributed by atoms with E-state index < -0.39 is 0 Å². The molecule has 2 rings (SSSR count). The molecule has 0 N–H and O–H groups in total. The van der Waals surface area contributed by atoms with Gasteiger partial charge in [0.05, 0.1) is 6.54 Å². The highest BCUT2D eigenvalue weighted by Crippen LogP contribution is 2.18. The molecular weight excluding hydrogens is 306 g/mol. The van der Waals surface area contributed by atoms with Crippen LogP contribution in [0.1, 0.15) is 25.6 Å². The van der Waals surface area contributed by atoms with Gasteiger partial charge in [-0.15, -0.1) is 0 Å². The van der Waals surface area contributed by atoms with Crippen molar-refractivity contribution in [2.45, 2.75) is 19.8 Å². The van der Waals surface area contributed by atoms with E-state index in [1.165, 1.54) is 0 Å². The summed E-state index contributed by atoms with van der Waals surface area (Å²) in [5.74, 6) is 2.60. The standard InChI is InChI=1S/C16H29N7O/c1-12(2)14-17-15(21(5)6)19-16(18-14)23-9-7-22(8-10-23)13(24)11-20(3)4/h12H,7-11H2,1-6H3. The third-order valence-corrected chi connectivity index (χ3v) is 3.91. The first kappa shape index (κ1) is 18.4. The number of carbonyl (C=O) groups is 1. The zero-order valence-corrected chi connectivity index (χ0v) is 15.7. The maximum absolute atomic E-state index is 12.2. The second kappa shape index (κ2) is 7.74. The maximum atomic E-state index is 12.2. The van der Waals surface area contributed by atoms with E-state index in [0.29, 0.717) is 31.5 Å². The van der Waals surface area contributed by atoms with Crippen molar-refractivity contribution < 1.29 is 4.79 Å². The van der Waals surface area contributed by atoms with Gasteiger partial charge in [-0.3, -0.25) is 4.79 Å². The number of carbonyl (C=O) groups excluding carboxylic acids is 1. The van der Waals surface area contributed by atoms with Gasteiger partial charge in [0, 0.05) is 46.2 Å². The van der Waals surface area contributed by atoms with Crippen LogP contribution < -0.4 is 9.80 Å². The first-order chi connectivity index (χ1) is 11.3. The van der Waals surface area contributed by atoms with Crippen molar-refractivity contribution in [3.05, 3.63) is 5.82 Å². The summed E-state index contributed by atoms with van der Waals surface area (Å²) < 4.78 is 0. The average molecular weight is 335 g/mol. The van der Waals surface area contributed by atoms with Gasteiger partial charge in [-0.05, 0) is 14.1 Å². The van der Waals surface area contributed by atoms with E-state index in [1.54, 1.807) is 0 Å². The summed E-state index contributed by atoms with van der Waals surface area (Å²) in [7, 11) is 7.69. The Morgan fingerprint density at radius 3 is 2.17 bits per heavy atom. The van der Waals surface area contributed by atoms with E-state index in [4.69, 9.17) is 0 Å². The lowest BCUT2D eigenvalue weighted by molar-refractivity contribution is -0.132. The number of hydrogen-bond donors (Lipinski definition) is 0. The SMILES string of the molecule is CC(C)c1nc(N(C)C)nc(N2CCN(C(=O)CN(C)C)CC2)n1. The van der Waals surface area contributed by atoms with Gasteiger partial charge < -0.3 is 19.6 Å². The monoisotopic (exact) mass is 335 g/mol. The van der Waals surface area contributed by atoms with Gasteiger partial charge in [-0.2, -0.15) is 15.0 Å². The topological polar surface area (TPSA) is 68.7 Å². The lowest BCUT2D eigenvalue weighted by atomic mass is 10.2. The van der Waals surface area contributed by atoms with Gasteiger partial charge in [0.25, 0.3) is 0 Å². The average Bonchev–Trinajstić information content (AvgIpc) is 2.53. The van der Waals surface area contributed by atoms with E-state index in [2.05, 4.69) is 33.7 Å². The number of anilines is 2. The number of nitrogens with zero attached hydrogens (tertiary/aromatic N) is 7. The Kier molecular flexibility index (Phi) is 5.93. The number of hydrogen-bond acceptors (Lipinski definition) is 7. The molecule has 0 unspecified atom stereocenters. The Bertz CT molecular complexity index is 539. The van der Waals surface area contributed by atoms with Crippen LogP contribution in [0.4, 0.5) is 11.9 Å². The summed E-state index contributed by atoms with van der Waals surface area (Å²) in [6, 6.07) is 0. The molecule has 1 aromatic heterocycles. The molecule has 0 radical (unpaired) electrons. The first-order valence-electron chi connectivity index (χ1n) is 8.38. The Morgan fingerprint density at radius 2 is 1.67 bits per heavy atom. The van der Waals surface area contributed by atoms with Gasteiger partial charge in [0.1, 0.15) is 5.82 Å². The van der Waals surface area contributed by atoms with Gasteiger partial charge in [0.15, 0.2) is 0 Å². The Labute approximate surface area is 144 Å². The fourth-order valence-electron chi connectivity index (χ4n) is 2.50. The van der Waals surface area contributed by atoms with Crippen molar-refractivity contribution in [1.29, 1.82) is 0 Å². The van der Waals surface area contributed by atoms with E-state index in [9.17, 15) is 4.79 Å². The van der Waals surface area contributed by atoms with Crippen LogP contribution in [-0.4, -0.2) is 91.6 Å². The zero-order chi connectivity index (χ0) is 17.9. The molecule has 0 atom stereocenters. The predicted molar refractivity (Wildman–Crippen MR) is 95.6 cm³/mol. The summed E-state index contributed by atoms with van der Waals surface area (Å²) in [4.78, 5) is 33.7. The molecule has 1 amide bonds. The van der Waals surface area contributed by atoms with Gasteiger partial charge in [-0.1, -0.05) is 13.8 Å². The Morgan fingerprint density at radius 1 is 1.04 bits per heavy atom. The molecule has 1 aromatic rings. The minimum absolute atomic E-state index is 0.173. The van der Waals surface area contributed by atoms with Crippen molar-refractivity contribution >= 4 is 17.8 Å². The third-order valence-electron chi connectivity index (χ3n) is 3.91. The van der Waals surface area contributed by atoms with Gasteiger partial charge in [-0.25, -0.2) is 0 Å². The van der Waals surface area contributed by atoms with Crippen LogP contribution in [-0.2, 0) is 4.79 Å². The molecule has 1 saturated heterocycles.